The Morgan fingerprint density at radius 3 is 2.56 bits per heavy atom. The molecule has 0 atom stereocenters. The maximum Gasteiger partial charge on any atom is 0.332 e. The van der Waals surface area contributed by atoms with Gasteiger partial charge in [0.05, 0.1) is 16.8 Å². The number of carbonyl (C=O) groups excluding carboxylic acids is 2. The highest BCUT2D eigenvalue weighted by Crippen LogP contribution is 2.24. The number of aryl methyl sites for hydroxylation is 1. The molecule has 0 radical (unpaired) electrons. The molecule has 0 saturated carbocycles. The third-order valence-corrected chi connectivity index (χ3v) is 7.86. The van der Waals surface area contributed by atoms with E-state index in [2.05, 4.69) is 40.4 Å². The molecule has 1 aliphatic rings. The number of aromatic amines is 1. The van der Waals surface area contributed by atoms with Crippen molar-refractivity contribution < 1.29 is 9.59 Å². The van der Waals surface area contributed by atoms with Crippen molar-refractivity contribution in [2.75, 3.05) is 48.3 Å². The molecule has 0 bridgehead atoms. The fourth-order valence-corrected chi connectivity index (χ4v) is 5.47. The van der Waals surface area contributed by atoms with Crippen LogP contribution in [0.3, 0.4) is 0 Å². The summed E-state index contributed by atoms with van der Waals surface area (Å²) in [5.41, 5.74) is 0.282. The van der Waals surface area contributed by atoms with Crippen molar-refractivity contribution in [3.05, 3.63) is 80.3 Å². The van der Waals surface area contributed by atoms with Gasteiger partial charge in [0.15, 0.2) is 11.4 Å². The van der Waals surface area contributed by atoms with Gasteiger partial charge in [0.1, 0.15) is 17.5 Å². The number of rotatable bonds is 12. The Morgan fingerprint density at radius 2 is 1.84 bits per heavy atom. The van der Waals surface area contributed by atoms with Crippen LogP contribution in [0.25, 0.3) is 5.69 Å². The number of H-pyrrole nitrogens is 1. The van der Waals surface area contributed by atoms with Crippen LogP contribution in [-0.4, -0.2) is 74.3 Å². The minimum Gasteiger partial charge on any atom is -0.354 e. The number of aromatic nitrogens is 5. The van der Waals surface area contributed by atoms with E-state index in [1.54, 1.807) is 24.3 Å². The number of piperazine rings is 1. The van der Waals surface area contributed by atoms with Crippen LogP contribution >= 0.6 is 11.3 Å². The highest BCUT2D eigenvalue weighted by atomic mass is 32.1. The molecular formula is C29H33N9O4S. The molecule has 4 heterocycles. The molecule has 0 unspecified atom stereocenters. The number of thiazole rings is 1. The summed E-state index contributed by atoms with van der Waals surface area (Å²) in [6.07, 6.45) is 6.96. The Labute approximate surface area is 251 Å². The van der Waals surface area contributed by atoms with Gasteiger partial charge in [-0.2, -0.15) is 0 Å². The van der Waals surface area contributed by atoms with Crippen LogP contribution in [0.15, 0.2) is 58.4 Å². The van der Waals surface area contributed by atoms with E-state index in [4.69, 9.17) is 0 Å². The number of unbranched alkanes of at least 4 members (excludes halogenated alkanes) is 2. The summed E-state index contributed by atoms with van der Waals surface area (Å²) in [6, 6.07) is 10.1. The molecule has 3 aromatic heterocycles. The van der Waals surface area contributed by atoms with Gasteiger partial charge >= 0.3 is 5.69 Å². The predicted octanol–water partition coefficient (Wildman–Crippen LogP) is 2.96. The van der Waals surface area contributed by atoms with E-state index in [0.29, 0.717) is 39.4 Å². The number of carbonyl (C=O) groups is 2. The Kier molecular flexibility index (Phi) is 9.69. The van der Waals surface area contributed by atoms with Crippen LogP contribution in [0.5, 0.6) is 0 Å². The second kappa shape index (κ2) is 14.0. The molecule has 0 aliphatic carbocycles. The van der Waals surface area contributed by atoms with Crippen LogP contribution < -0.4 is 26.8 Å². The Morgan fingerprint density at radius 1 is 1.05 bits per heavy atom. The van der Waals surface area contributed by atoms with E-state index in [1.165, 1.54) is 34.4 Å². The van der Waals surface area contributed by atoms with Crippen molar-refractivity contribution in [2.24, 2.45) is 0 Å². The van der Waals surface area contributed by atoms with Crippen LogP contribution in [0.2, 0.25) is 0 Å². The maximum absolute atomic E-state index is 12.4. The lowest BCUT2D eigenvalue weighted by molar-refractivity contribution is -0.116. The Bertz CT molecular complexity index is 1670. The average molecular weight is 604 g/mol. The van der Waals surface area contributed by atoms with Crippen molar-refractivity contribution >= 4 is 46.0 Å². The van der Waals surface area contributed by atoms with Gasteiger partial charge < -0.3 is 15.5 Å². The number of anilines is 4. The summed E-state index contributed by atoms with van der Waals surface area (Å²) < 4.78 is 1.33. The molecule has 43 heavy (non-hydrogen) atoms. The molecule has 1 amide bonds. The number of hydrogen-bond acceptors (Lipinski definition) is 11. The topological polar surface area (TPSA) is 158 Å². The standard InChI is InChI=1S/C29H33N9O4S/c1-20-31-24(34-28-30-18-23(19-39)43-28)17-25(32-20)37-15-13-36(14-16-37)11-4-2-3-5-26(40)33-21-6-8-22(9-7-21)38-12-10-27(41)35-29(38)42/h6-10,12,17-19H,2-5,11,13-16H2,1H3,(H,33,40)(H,35,41,42)(H,30,31,32,34). The minimum atomic E-state index is -0.516. The summed E-state index contributed by atoms with van der Waals surface area (Å²) >= 11 is 1.28. The molecule has 13 nitrogen and oxygen atoms in total. The van der Waals surface area contributed by atoms with Gasteiger partial charge in [0.25, 0.3) is 5.56 Å². The summed E-state index contributed by atoms with van der Waals surface area (Å²) in [7, 11) is 0. The second-order valence-corrected chi connectivity index (χ2v) is 11.2. The average Bonchev–Trinajstić information content (AvgIpc) is 3.45. The first kappa shape index (κ1) is 29.8. The van der Waals surface area contributed by atoms with E-state index in [1.807, 2.05) is 13.0 Å². The third-order valence-electron chi connectivity index (χ3n) is 7.03. The zero-order chi connectivity index (χ0) is 30.2. The number of nitrogens with zero attached hydrogens (tertiary/aromatic N) is 6. The molecular weight excluding hydrogens is 570 g/mol. The molecule has 1 saturated heterocycles. The monoisotopic (exact) mass is 603 g/mol. The quantitative estimate of drug-likeness (QED) is 0.162. The smallest absolute Gasteiger partial charge is 0.332 e. The lowest BCUT2D eigenvalue weighted by Crippen LogP contribution is -2.47. The van der Waals surface area contributed by atoms with Gasteiger partial charge in [-0.25, -0.2) is 19.7 Å². The summed E-state index contributed by atoms with van der Waals surface area (Å²) in [4.78, 5) is 67.3. The molecule has 4 aromatic rings. The molecule has 1 aliphatic heterocycles. The number of benzene rings is 1. The summed E-state index contributed by atoms with van der Waals surface area (Å²) in [6.45, 7) is 6.44. The molecule has 3 N–H and O–H groups in total. The molecule has 0 spiro atoms. The van der Waals surface area contributed by atoms with Gasteiger partial charge in [-0.1, -0.05) is 17.8 Å². The Balaban J connectivity index is 0.997. The summed E-state index contributed by atoms with van der Waals surface area (Å²) in [5.74, 6) is 2.14. The second-order valence-electron chi connectivity index (χ2n) is 10.2. The first-order valence-electron chi connectivity index (χ1n) is 14.1. The van der Waals surface area contributed by atoms with E-state index >= 15 is 0 Å². The summed E-state index contributed by atoms with van der Waals surface area (Å²) in [5, 5.41) is 6.69. The highest BCUT2D eigenvalue weighted by molar-refractivity contribution is 7.17. The number of amides is 1. The lowest BCUT2D eigenvalue weighted by Gasteiger charge is -2.35. The highest BCUT2D eigenvalue weighted by Gasteiger charge is 2.19. The SMILES string of the molecule is Cc1nc(Nc2ncc(C=O)s2)cc(N2CCN(CCCCCC(=O)Nc3ccc(-n4ccc(=O)[nH]c4=O)cc3)CC2)n1. The first-order valence-corrected chi connectivity index (χ1v) is 14.9. The van der Waals surface area contributed by atoms with Crippen molar-refractivity contribution in [1.29, 1.82) is 0 Å². The molecule has 1 fully saturated rings. The van der Waals surface area contributed by atoms with Gasteiger partial charge in [-0.15, -0.1) is 0 Å². The largest absolute Gasteiger partial charge is 0.354 e. The van der Waals surface area contributed by atoms with E-state index in [-0.39, 0.29) is 5.91 Å². The molecule has 224 valence electrons. The van der Waals surface area contributed by atoms with Crippen molar-refractivity contribution in [3.8, 4) is 5.69 Å². The third kappa shape index (κ3) is 8.20. The zero-order valence-corrected chi connectivity index (χ0v) is 24.6. The molecule has 5 rings (SSSR count). The zero-order valence-electron chi connectivity index (χ0n) is 23.8. The van der Waals surface area contributed by atoms with Crippen molar-refractivity contribution in [2.45, 2.75) is 32.6 Å². The van der Waals surface area contributed by atoms with Gasteiger partial charge in [0.2, 0.25) is 5.91 Å². The van der Waals surface area contributed by atoms with E-state index in [0.717, 1.165) is 64.1 Å². The minimum absolute atomic E-state index is 0.0457. The van der Waals surface area contributed by atoms with Crippen LogP contribution in [0.4, 0.5) is 22.5 Å². The van der Waals surface area contributed by atoms with Crippen molar-refractivity contribution in [1.82, 2.24) is 29.4 Å². The van der Waals surface area contributed by atoms with Crippen molar-refractivity contribution in [3.63, 3.8) is 0 Å². The predicted molar refractivity (Wildman–Crippen MR) is 166 cm³/mol. The van der Waals surface area contributed by atoms with E-state index < -0.39 is 11.2 Å². The maximum atomic E-state index is 12.4. The van der Waals surface area contributed by atoms with Crippen LogP contribution in [-0.2, 0) is 4.79 Å². The number of aldehydes is 1. The fraction of sp³-hybridized carbons (Fsp3) is 0.345. The number of nitrogens with one attached hydrogen (secondary N) is 3. The Hall–Kier alpha value is -4.69. The van der Waals surface area contributed by atoms with E-state index in [9.17, 15) is 19.2 Å². The van der Waals surface area contributed by atoms with Gasteiger partial charge in [-0.05, 0) is 50.6 Å². The normalized spacial score (nSPS) is 13.6. The van der Waals surface area contributed by atoms with Gasteiger partial charge in [0, 0.05) is 56.6 Å². The van der Waals surface area contributed by atoms with Crippen LogP contribution in [0.1, 0.15) is 41.2 Å². The first-order chi connectivity index (χ1) is 20.9. The van der Waals surface area contributed by atoms with Gasteiger partial charge in [-0.3, -0.25) is 28.8 Å². The van der Waals surface area contributed by atoms with Crippen LogP contribution in [0, 0.1) is 6.92 Å². The number of hydrogen-bond donors (Lipinski definition) is 3. The fourth-order valence-electron chi connectivity index (χ4n) is 4.83. The molecule has 1 aromatic carbocycles. The lowest BCUT2D eigenvalue weighted by atomic mass is 10.1. The molecule has 14 heteroatoms.